The number of nitrogens with one attached hydrogen (secondary N) is 1. The van der Waals surface area contributed by atoms with Crippen LogP contribution in [0.5, 0.6) is 0 Å². The van der Waals surface area contributed by atoms with E-state index in [1.165, 1.54) is 0 Å². The van der Waals surface area contributed by atoms with Crippen molar-refractivity contribution in [2.75, 3.05) is 4.72 Å². The van der Waals surface area contributed by atoms with Crippen molar-refractivity contribution in [2.45, 2.75) is 19.8 Å². The average molecular weight is 225 g/mol. The Labute approximate surface area is 90.9 Å². The first kappa shape index (κ1) is 11.8. The molecule has 1 aromatic carbocycles. The Bertz CT molecular complexity index is 449. The summed E-state index contributed by atoms with van der Waals surface area (Å²) in [5.74, 6) is 0.272. The van der Waals surface area contributed by atoms with Gasteiger partial charge < -0.3 is 0 Å². The standard InChI is InChI=1S/C11H15NO2S/c1-4-15(13,14)12-11-8-6-5-7-10(11)9(2)3/h4-9,12H,1H2,2-3H3. The molecule has 0 atom stereocenters. The van der Waals surface area contributed by atoms with Crippen LogP contribution in [0.15, 0.2) is 36.3 Å². The number of hydrogen-bond donors (Lipinski definition) is 1. The van der Waals surface area contributed by atoms with Gasteiger partial charge in [0.05, 0.1) is 5.69 Å². The Morgan fingerprint density at radius 3 is 2.47 bits per heavy atom. The van der Waals surface area contributed by atoms with Crippen molar-refractivity contribution in [2.24, 2.45) is 0 Å². The molecule has 0 aliphatic heterocycles. The second-order valence-corrected chi connectivity index (χ2v) is 5.18. The second-order valence-electron chi connectivity index (χ2n) is 3.56. The molecule has 0 aromatic heterocycles. The quantitative estimate of drug-likeness (QED) is 0.856. The van der Waals surface area contributed by atoms with Gasteiger partial charge in [0, 0.05) is 5.41 Å². The Kier molecular flexibility index (Phi) is 3.52. The summed E-state index contributed by atoms with van der Waals surface area (Å²) in [4.78, 5) is 0. The highest BCUT2D eigenvalue weighted by Crippen LogP contribution is 2.24. The smallest absolute Gasteiger partial charge is 0.254 e. The molecule has 1 aromatic rings. The zero-order valence-corrected chi connectivity index (χ0v) is 9.71. The topological polar surface area (TPSA) is 46.2 Å². The third kappa shape index (κ3) is 3.09. The molecule has 4 heteroatoms. The van der Waals surface area contributed by atoms with Crippen molar-refractivity contribution in [1.82, 2.24) is 0 Å². The zero-order chi connectivity index (χ0) is 11.5. The molecule has 0 fully saturated rings. The van der Waals surface area contributed by atoms with Crippen LogP contribution in [0.1, 0.15) is 25.3 Å². The van der Waals surface area contributed by atoms with Crippen molar-refractivity contribution >= 4 is 15.7 Å². The molecule has 0 amide bonds. The molecule has 0 spiro atoms. The van der Waals surface area contributed by atoms with Crippen molar-refractivity contribution in [3.8, 4) is 0 Å². The molecule has 1 N–H and O–H groups in total. The fourth-order valence-electron chi connectivity index (χ4n) is 1.29. The van der Waals surface area contributed by atoms with Crippen LogP contribution in [-0.4, -0.2) is 8.42 Å². The van der Waals surface area contributed by atoms with Gasteiger partial charge in [-0.25, -0.2) is 8.42 Å². The van der Waals surface area contributed by atoms with Gasteiger partial charge in [0.1, 0.15) is 0 Å². The molecule has 0 unspecified atom stereocenters. The first-order valence-corrected chi connectivity index (χ1v) is 6.25. The molecule has 82 valence electrons. The predicted molar refractivity (Wildman–Crippen MR) is 63.3 cm³/mol. The fourth-order valence-corrected chi connectivity index (χ4v) is 1.86. The molecular weight excluding hydrogens is 210 g/mol. The molecular formula is C11H15NO2S. The van der Waals surface area contributed by atoms with E-state index < -0.39 is 10.0 Å². The second kappa shape index (κ2) is 4.49. The fraction of sp³-hybridized carbons (Fsp3) is 0.273. The molecule has 3 nitrogen and oxygen atoms in total. The van der Waals surface area contributed by atoms with Crippen LogP contribution in [0.4, 0.5) is 5.69 Å². The van der Waals surface area contributed by atoms with Crippen LogP contribution in [0, 0.1) is 0 Å². The molecule has 0 bridgehead atoms. The molecule has 0 saturated heterocycles. The summed E-state index contributed by atoms with van der Waals surface area (Å²) in [5, 5.41) is 0.907. The molecule has 1 rings (SSSR count). The van der Waals surface area contributed by atoms with E-state index in [9.17, 15) is 8.42 Å². The Hall–Kier alpha value is -1.29. The summed E-state index contributed by atoms with van der Waals surface area (Å²) in [6.07, 6.45) is 0. The van der Waals surface area contributed by atoms with E-state index in [-0.39, 0.29) is 5.92 Å². The van der Waals surface area contributed by atoms with E-state index >= 15 is 0 Å². The lowest BCUT2D eigenvalue weighted by atomic mass is 10.0. The van der Waals surface area contributed by atoms with Crippen LogP contribution in [0.25, 0.3) is 0 Å². The molecule has 0 radical (unpaired) electrons. The number of rotatable bonds is 4. The van der Waals surface area contributed by atoms with Gasteiger partial charge in [0.25, 0.3) is 10.0 Å². The third-order valence-electron chi connectivity index (χ3n) is 2.05. The van der Waals surface area contributed by atoms with Gasteiger partial charge in [-0.15, -0.1) is 0 Å². The maximum Gasteiger partial charge on any atom is 0.254 e. The van der Waals surface area contributed by atoms with Crippen molar-refractivity contribution < 1.29 is 8.42 Å². The minimum atomic E-state index is -3.41. The lowest BCUT2D eigenvalue weighted by Gasteiger charge is -2.12. The van der Waals surface area contributed by atoms with E-state index in [2.05, 4.69) is 11.3 Å². The molecule has 0 aliphatic carbocycles. The van der Waals surface area contributed by atoms with Crippen LogP contribution < -0.4 is 4.72 Å². The van der Waals surface area contributed by atoms with E-state index in [1.807, 2.05) is 26.0 Å². The molecule has 0 heterocycles. The van der Waals surface area contributed by atoms with Crippen LogP contribution in [0.3, 0.4) is 0 Å². The van der Waals surface area contributed by atoms with Gasteiger partial charge in [-0.1, -0.05) is 38.6 Å². The highest BCUT2D eigenvalue weighted by atomic mass is 32.2. The van der Waals surface area contributed by atoms with Crippen LogP contribution >= 0.6 is 0 Å². The van der Waals surface area contributed by atoms with Gasteiger partial charge in [0.15, 0.2) is 0 Å². The Morgan fingerprint density at radius 2 is 1.93 bits per heavy atom. The van der Waals surface area contributed by atoms with Crippen LogP contribution in [0.2, 0.25) is 0 Å². The van der Waals surface area contributed by atoms with Crippen LogP contribution in [-0.2, 0) is 10.0 Å². The zero-order valence-electron chi connectivity index (χ0n) is 8.90. The van der Waals surface area contributed by atoms with Gasteiger partial charge in [-0.2, -0.15) is 0 Å². The maximum absolute atomic E-state index is 11.3. The van der Waals surface area contributed by atoms with Gasteiger partial charge in [-0.3, -0.25) is 4.72 Å². The normalized spacial score (nSPS) is 11.4. The summed E-state index contributed by atoms with van der Waals surface area (Å²) in [6, 6.07) is 7.34. The van der Waals surface area contributed by atoms with E-state index in [4.69, 9.17) is 0 Å². The van der Waals surface area contributed by atoms with Gasteiger partial charge in [0.2, 0.25) is 0 Å². The number of anilines is 1. The molecule has 0 saturated carbocycles. The lowest BCUT2D eigenvalue weighted by molar-refractivity contribution is 0.609. The maximum atomic E-state index is 11.3. The number of hydrogen-bond acceptors (Lipinski definition) is 2. The number of sulfonamides is 1. The molecule has 15 heavy (non-hydrogen) atoms. The number of para-hydroxylation sites is 1. The highest BCUT2D eigenvalue weighted by molar-refractivity contribution is 7.95. The summed E-state index contributed by atoms with van der Waals surface area (Å²) in [6.45, 7) is 7.28. The lowest BCUT2D eigenvalue weighted by Crippen LogP contribution is -2.10. The summed E-state index contributed by atoms with van der Waals surface area (Å²) in [7, 11) is -3.41. The largest absolute Gasteiger partial charge is 0.280 e. The van der Waals surface area contributed by atoms with E-state index in [0.717, 1.165) is 11.0 Å². The summed E-state index contributed by atoms with van der Waals surface area (Å²) in [5.41, 5.74) is 1.59. The van der Waals surface area contributed by atoms with Crippen molar-refractivity contribution in [3.05, 3.63) is 41.8 Å². The minimum absolute atomic E-state index is 0.272. The van der Waals surface area contributed by atoms with Crippen molar-refractivity contribution in [3.63, 3.8) is 0 Å². The first-order chi connectivity index (χ1) is 6.96. The van der Waals surface area contributed by atoms with E-state index in [0.29, 0.717) is 5.69 Å². The predicted octanol–water partition coefficient (Wildman–Crippen LogP) is 2.70. The van der Waals surface area contributed by atoms with Gasteiger partial charge >= 0.3 is 0 Å². The van der Waals surface area contributed by atoms with E-state index in [1.54, 1.807) is 12.1 Å². The summed E-state index contributed by atoms with van der Waals surface area (Å²) >= 11 is 0. The SMILES string of the molecule is C=CS(=O)(=O)Nc1ccccc1C(C)C. The Balaban J connectivity index is 3.10. The van der Waals surface area contributed by atoms with Gasteiger partial charge in [-0.05, 0) is 17.5 Å². The molecule has 0 aliphatic rings. The third-order valence-corrected chi connectivity index (χ3v) is 3.00. The average Bonchev–Trinajstić information content (AvgIpc) is 2.18. The van der Waals surface area contributed by atoms with Crippen molar-refractivity contribution in [1.29, 1.82) is 0 Å². The monoisotopic (exact) mass is 225 g/mol. The number of benzene rings is 1. The first-order valence-electron chi connectivity index (χ1n) is 4.70. The summed E-state index contributed by atoms with van der Waals surface area (Å²) < 4.78 is 25.1. The Morgan fingerprint density at radius 1 is 1.33 bits per heavy atom. The highest BCUT2D eigenvalue weighted by Gasteiger charge is 2.10. The minimum Gasteiger partial charge on any atom is -0.280 e.